The first kappa shape index (κ1) is 19.9. The van der Waals surface area contributed by atoms with Gasteiger partial charge in [0, 0.05) is 35.6 Å². The van der Waals surface area contributed by atoms with E-state index in [1.807, 2.05) is 5.01 Å². The highest BCUT2D eigenvalue weighted by Gasteiger charge is 2.21. The Balaban J connectivity index is 1.73. The Kier molecular flexibility index (Phi) is 5.85. The number of carbonyl (C=O) groups is 1. The van der Waals surface area contributed by atoms with Crippen molar-refractivity contribution in [2.45, 2.75) is 19.3 Å². The first-order valence-electron chi connectivity index (χ1n) is 9.38. The van der Waals surface area contributed by atoms with Crippen molar-refractivity contribution < 1.29 is 9.18 Å². The monoisotopic (exact) mass is 432 g/mol. The van der Waals surface area contributed by atoms with Gasteiger partial charge in [0.1, 0.15) is 17.3 Å². The van der Waals surface area contributed by atoms with Crippen molar-refractivity contribution in [3.63, 3.8) is 0 Å². The van der Waals surface area contributed by atoms with Gasteiger partial charge < -0.3 is 0 Å². The van der Waals surface area contributed by atoms with E-state index in [-0.39, 0.29) is 17.4 Å². The summed E-state index contributed by atoms with van der Waals surface area (Å²) in [6.45, 7) is 1.64. The fourth-order valence-electron chi connectivity index (χ4n) is 3.36. The highest BCUT2D eigenvalue weighted by Crippen LogP contribution is 2.31. The maximum atomic E-state index is 13.4. The van der Waals surface area contributed by atoms with Gasteiger partial charge in [-0.2, -0.15) is 0 Å². The number of hydrogen-bond donors (Lipinski definition) is 1. The number of nitrogens with zero attached hydrogens (tertiary/aromatic N) is 3. The molecular weight excluding hydrogens is 414 g/mol. The van der Waals surface area contributed by atoms with Crippen LogP contribution in [0, 0.1) is 5.82 Å². The van der Waals surface area contributed by atoms with Gasteiger partial charge in [0.05, 0.1) is 5.02 Å². The van der Waals surface area contributed by atoms with Gasteiger partial charge in [-0.25, -0.2) is 14.4 Å². The minimum Gasteiger partial charge on any atom is -0.299 e. The maximum Gasteiger partial charge on any atom is 0.285 e. The van der Waals surface area contributed by atoms with E-state index in [1.54, 1.807) is 41.1 Å². The first-order valence-corrected chi connectivity index (χ1v) is 10.1. The van der Waals surface area contributed by atoms with Gasteiger partial charge in [0.25, 0.3) is 5.91 Å². The van der Waals surface area contributed by atoms with Gasteiger partial charge >= 0.3 is 0 Å². The van der Waals surface area contributed by atoms with E-state index >= 15 is 0 Å². The van der Waals surface area contributed by atoms with Crippen LogP contribution in [-0.2, 0) is 0 Å². The molecule has 0 atom stereocenters. The molecule has 2 heterocycles. The molecule has 1 aliphatic heterocycles. The smallest absolute Gasteiger partial charge is 0.285 e. The third-order valence-corrected chi connectivity index (χ3v) is 5.38. The van der Waals surface area contributed by atoms with E-state index in [1.165, 1.54) is 18.6 Å². The molecule has 8 heteroatoms. The summed E-state index contributed by atoms with van der Waals surface area (Å²) in [5.41, 5.74) is 4.45. The number of hydrogen-bond acceptors (Lipinski definition) is 3. The van der Waals surface area contributed by atoms with Crippen LogP contribution in [0.2, 0.25) is 10.0 Å². The van der Waals surface area contributed by atoms with Crippen LogP contribution in [0.5, 0.6) is 0 Å². The fraction of sp³-hybridized carbons (Fsp3) is 0.238. The highest BCUT2D eigenvalue weighted by atomic mass is 35.5. The van der Waals surface area contributed by atoms with Crippen LogP contribution in [0.25, 0.3) is 17.1 Å². The van der Waals surface area contributed by atoms with Crippen LogP contribution < -0.4 is 5.43 Å². The Morgan fingerprint density at radius 1 is 1.03 bits per heavy atom. The zero-order valence-corrected chi connectivity index (χ0v) is 17.0. The fourth-order valence-corrected chi connectivity index (χ4v) is 3.85. The van der Waals surface area contributed by atoms with Crippen LogP contribution in [0.1, 0.15) is 29.8 Å². The molecule has 1 fully saturated rings. The summed E-state index contributed by atoms with van der Waals surface area (Å²) in [5.74, 6) is -0.163. The van der Waals surface area contributed by atoms with E-state index in [0.29, 0.717) is 27.1 Å². The van der Waals surface area contributed by atoms with Crippen molar-refractivity contribution in [3.8, 4) is 17.1 Å². The summed E-state index contributed by atoms with van der Waals surface area (Å²) >= 11 is 12.4. The van der Waals surface area contributed by atoms with Crippen molar-refractivity contribution >= 4 is 29.1 Å². The van der Waals surface area contributed by atoms with Crippen LogP contribution in [0.3, 0.4) is 0 Å². The molecule has 0 radical (unpaired) electrons. The minimum absolute atomic E-state index is 0.251. The molecule has 0 spiro atoms. The first-order chi connectivity index (χ1) is 14.0. The van der Waals surface area contributed by atoms with Gasteiger partial charge in [-0.15, -0.1) is 0 Å². The molecule has 1 aliphatic rings. The summed E-state index contributed by atoms with van der Waals surface area (Å²) in [4.78, 5) is 17.3. The molecule has 1 N–H and O–H groups in total. The predicted octanol–water partition coefficient (Wildman–Crippen LogP) is 5.12. The summed E-state index contributed by atoms with van der Waals surface area (Å²) in [7, 11) is 0. The number of aromatic nitrogens is 2. The van der Waals surface area contributed by atoms with Crippen molar-refractivity contribution in [2.24, 2.45) is 0 Å². The van der Waals surface area contributed by atoms with Crippen LogP contribution in [0.4, 0.5) is 4.39 Å². The Labute approximate surface area is 178 Å². The van der Waals surface area contributed by atoms with E-state index < -0.39 is 0 Å². The number of halogens is 3. The molecule has 0 unspecified atom stereocenters. The number of hydrazine groups is 1. The second-order valence-electron chi connectivity index (χ2n) is 6.91. The van der Waals surface area contributed by atoms with Gasteiger partial charge in [0.15, 0.2) is 0 Å². The summed E-state index contributed by atoms with van der Waals surface area (Å²) in [5, 5.41) is 2.83. The van der Waals surface area contributed by atoms with Crippen molar-refractivity contribution in [2.75, 3.05) is 13.1 Å². The summed E-state index contributed by atoms with van der Waals surface area (Å²) in [6, 6.07) is 11.0. The normalized spacial score (nSPS) is 14.7. The van der Waals surface area contributed by atoms with Gasteiger partial charge in [-0.3, -0.25) is 14.8 Å². The number of amides is 1. The second-order valence-corrected chi connectivity index (χ2v) is 7.75. The molecular formula is C21H19Cl2FN4O. The third-order valence-electron chi connectivity index (χ3n) is 4.83. The number of piperidine rings is 1. The molecule has 1 aromatic heterocycles. The standard InChI is InChI=1S/C21H19Cl2FN4O/c22-14-4-9-17(18(23)12-14)20-25-19(21(29)26-27-10-2-1-3-11-27)13-28(20)16-7-5-15(24)6-8-16/h4-9,12-13H,1-3,10-11H2,(H,26,29). The molecule has 5 nitrogen and oxygen atoms in total. The Morgan fingerprint density at radius 2 is 1.76 bits per heavy atom. The number of rotatable bonds is 4. The molecule has 4 rings (SSSR count). The molecule has 29 heavy (non-hydrogen) atoms. The predicted molar refractivity (Wildman–Crippen MR) is 112 cm³/mol. The quantitative estimate of drug-likeness (QED) is 0.622. The van der Waals surface area contributed by atoms with E-state index in [0.717, 1.165) is 25.9 Å². The van der Waals surface area contributed by atoms with E-state index in [9.17, 15) is 9.18 Å². The zero-order valence-electron chi connectivity index (χ0n) is 15.5. The molecule has 0 aliphatic carbocycles. The Bertz CT molecular complexity index is 1030. The topological polar surface area (TPSA) is 50.2 Å². The number of imidazole rings is 1. The Hall–Kier alpha value is -2.41. The number of benzene rings is 2. The van der Waals surface area contributed by atoms with Crippen LogP contribution >= 0.6 is 23.2 Å². The maximum absolute atomic E-state index is 13.4. The van der Waals surface area contributed by atoms with Gasteiger partial charge in [0.2, 0.25) is 0 Å². The van der Waals surface area contributed by atoms with Crippen LogP contribution in [-0.4, -0.2) is 33.6 Å². The van der Waals surface area contributed by atoms with Gasteiger partial charge in [-0.05, 0) is 55.3 Å². The lowest BCUT2D eigenvalue weighted by atomic mass is 10.2. The van der Waals surface area contributed by atoms with Crippen LogP contribution in [0.15, 0.2) is 48.7 Å². The third kappa shape index (κ3) is 4.45. The highest BCUT2D eigenvalue weighted by molar-refractivity contribution is 6.36. The zero-order chi connectivity index (χ0) is 20.4. The van der Waals surface area contributed by atoms with Crippen molar-refractivity contribution in [1.82, 2.24) is 20.0 Å². The second kappa shape index (κ2) is 8.53. The lowest BCUT2D eigenvalue weighted by Crippen LogP contribution is -2.45. The molecule has 1 amide bonds. The minimum atomic E-state index is -0.344. The number of carbonyl (C=O) groups excluding carboxylic acids is 1. The lowest BCUT2D eigenvalue weighted by molar-refractivity contribution is 0.0745. The van der Waals surface area contributed by atoms with Crippen molar-refractivity contribution in [3.05, 3.63) is 70.2 Å². The largest absolute Gasteiger partial charge is 0.299 e. The van der Waals surface area contributed by atoms with Crippen molar-refractivity contribution in [1.29, 1.82) is 0 Å². The lowest BCUT2D eigenvalue weighted by Gasteiger charge is -2.26. The molecule has 0 bridgehead atoms. The Morgan fingerprint density at radius 3 is 2.45 bits per heavy atom. The average Bonchev–Trinajstić information content (AvgIpc) is 3.14. The van der Waals surface area contributed by atoms with E-state index in [2.05, 4.69) is 10.4 Å². The van der Waals surface area contributed by atoms with E-state index in [4.69, 9.17) is 23.2 Å². The molecule has 3 aromatic rings. The summed E-state index contributed by atoms with van der Waals surface area (Å²) in [6.07, 6.45) is 4.91. The SMILES string of the molecule is O=C(NN1CCCCC1)c1cn(-c2ccc(F)cc2)c(-c2ccc(Cl)cc2Cl)n1. The molecule has 2 aromatic carbocycles. The molecule has 150 valence electrons. The summed E-state index contributed by atoms with van der Waals surface area (Å²) < 4.78 is 15.1. The molecule has 1 saturated heterocycles. The van der Waals surface area contributed by atoms with Gasteiger partial charge in [-0.1, -0.05) is 29.6 Å². The number of nitrogens with one attached hydrogen (secondary N) is 1. The molecule has 0 saturated carbocycles. The average molecular weight is 433 g/mol.